The van der Waals surface area contributed by atoms with Gasteiger partial charge < -0.3 is 9.47 Å². The molecule has 2 nitrogen and oxygen atoms in total. The number of rotatable bonds is 3. The van der Waals surface area contributed by atoms with Gasteiger partial charge in [-0.1, -0.05) is 30.3 Å². The fourth-order valence-corrected chi connectivity index (χ4v) is 2.36. The Morgan fingerprint density at radius 3 is 2.93 bits per heavy atom. The third-order valence-electron chi connectivity index (χ3n) is 3.27. The van der Waals surface area contributed by atoms with Gasteiger partial charge in [0, 0.05) is 0 Å². The minimum absolute atomic E-state index is 0.337. The van der Waals surface area contributed by atoms with E-state index >= 15 is 0 Å². The highest BCUT2D eigenvalue weighted by atomic mass is 16.6. The third kappa shape index (κ3) is 2.06. The van der Waals surface area contributed by atoms with E-state index in [1.54, 1.807) is 0 Å². The number of benzene rings is 1. The second-order valence-electron chi connectivity index (χ2n) is 4.41. The number of ether oxygens (including phenoxy) is 2. The van der Waals surface area contributed by atoms with Crippen molar-refractivity contribution >= 4 is 0 Å². The molecule has 1 aliphatic carbocycles. The summed E-state index contributed by atoms with van der Waals surface area (Å²) in [4.78, 5) is 0. The van der Waals surface area contributed by atoms with Crippen LogP contribution < -0.4 is 0 Å². The summed E-state index contributed by atoms with van der Waals surface area (Å²) in [6.07, 6.45) is 4.90. The zero-order valence-electron chi connectivity index (χ0n) is 8.76. The Hall–Kier alpha value is -0.860. The van der Waals surface area contributed by atoms with E-state index in [9.17, 15) is 0 Å². The van der Waals surface area contributed by atoms with Crippen LogP contribution >= 0.6 is 0 Å². The Morgan fingerprint density at radius 1 is 1.20 bits per heavy atom. The largest absolute Gasteiger partial charge is 0.371 e. The molecule has 1 saturated heterocycles. The highest BCUT2D eigenvalue weighted by Crippen LogP contribution is 2.38. The lowest BCUT2D eigenvalue weighted by molar-refractivity contribution is 0.0135. The third-order valence-corrected chi connectivity index (χ3v) is 3.27. The molecule has 15 heavy (non-hydrogen) atoms. The Labute approximate surface area is 90.2 Å². The van der Waals surface area contributed by atoms with E-state index in [-0.39, 0.29) is 0 Å². The van der Waals surface area contributed by atoms with Crippen LogP contribution in [0.1, 0.15) is 24.8 Å². The summed E-state index contributed by atoms with van der Waals surface area (Å²) < 4.78 is 11.5. The fraction of sp³-hybridized carbons (Fsp3) is 0.538. The highest BCUT2D eigenvalue weighted by Gasteiger charge is 2.47. The molecule has 0 amide bonds. The molecule has 0 unspecified atom stereocenters. The maximum atomic E-state index is 5.90. The molecule has 0 aromatic heterocycles. The van der Waals surface area contributed by atoms with Gasteiger partial charge in [0.15, 0.2) is 0 Å². The minimum Gasteiger partial charge on any atom is -0.371 e. The van der Waals surface area contributed by atoms with Crippen LogP contribution in [0.5, 0.6) is 0 Å². The monoisotopic (exact) mass is 204 g/mol. The lowest BCUT2D eigenvalue weighted by atomic mass is 9.98. The van der Waals surface area contributed by atoms with Crippen molar-refractivity contribution in [2.24, 2.45) is 0 Å². The molecule has 2 aliphatic rings. The molecule has 80 valence electrons. The second-order valence-corrected chi connectivity index (χ2v) is 4.41. The van der Waals surface area contributed by atoms with Crippen LogP contribution in [0.3, 0.4) is 0 Å². The van der Waals surface area contributed by atoms with Gasteiger partial charge in [0.25, 0.3) is 0 Å². The predicted molar refractivity (Wildman–Crippen MR) is 57.5 cm³/mol. The van der Waals surface area contributed by atoms with E-state index in [0.717, 1.165) is 13.0 Å². The number of fused-ring (bicyclic) bond motifs is 1. The molecule has 1 aromatic carbocycles. The van der Waals surface area contributed by atoms with Crippen molar-refractivity contribution in [3.63, 3.8) is 0 Å². The molecule has 2 heteroatoms. The van der Waals surface area contributed by atoms with Gasteiger partial charge in [0.1, 0.15) is 6.10 Å². The SMILES string of the molecule is c1ccc(CO[C@@H]2CCC[C@H]3O[C@H]23)cc1. The van der Waals surface area contributed by atoms with E-state index in [0.29, 0.717) is 18.3 Å². The van der Waals surface area contributed by atoms with Crippen LogP contribution in [-0.2, 0) is 16.1 Å². The second kappa shape index (κ2) is 3.95. The first kappa shape index (κ1) is 9.37. The van der Waals surface area contributed by atoms with Gasteiger partial charge in [0.2, 0.25) is 0 Å². The molecule has 1 aromatic rings. The zero-order valence-corrected chi connectivity index (χ0v) is 8.76. The van der Waals surface area contributed by atoms with Crippen LogP contribution in [0.25, 0.3) is 0 Å². The molecule has 3 rings (SSSR count). The van der Waals surface area contributed by atoms with Crippen LogP contribution in [-0.4, -0.2) is 18.3 Å². The van der Waals surface area contributed by atoms with Crippen molar-refractivity contribution in [2.75, 3.05) is 0 Å². The summed E-state index contributed by atoms with van der Waals surface area (Å²) in [6, 6.07) is 10.3. The van der Waals surface area contributed by atoms with Crippen LogP contribution in [0.2, 0.25) is 0 Å². The summed E-state index contributed by atoms with van der Waals surface area (Å²) in [5.41, 5.74) is 1.25. The first-order valence-corrected chi connectivity index (χ1v) is 5.74. The van der Waals surface area contributed by atoms with Crippen molar-refractivity contribution in [1.29, 1.82) is 0 Å². The molecule has 0 radical (unpaired) electrons. The normalized spacial score (nSPS) is 33.5. The molecule has 1 heterocycles. The smallest absolute Gasteiger partial charge is 0.110 e. The molecular formula is C13H16O2. The quantitative estimate of drug-likeness (QED) is 0.706. The van der Waals surface area contributed by atoms with Crippen LogP contribution in [0.4, 0.5) is 0 Å². The van der Waals surface area contributed by atoms with E-state index in [1.165, 1.54) is 18.4 Å². The summed E-state index contributed by atoms with van der Waals surface area (Å²) in [5.74, 6) is 0. The molecule has 3 atom stereocenters. The molecule has 0 N–H and O–H groups in total. The van der Waals surface area contributed by atoms with Crippen LogP contribution in [0, 0.1) is 0 Å². The molecule has 2 fully saturated rings. The van der Waals surface area contributed by atoms with Gasteiger partial charge in [0.05, 0.1) is 18.8 Å². The molecule has 1 saturated carbocycles. The Morgan fingerprint density at radius 2 is 2.07 bits per heavy atom. The first-order valence-electron chi connectivity index (χ1n) is 5.74. The van der Waals surface area contributed by atoms with Crippen LogP contribution in [0.15, 0.2) is 30.3 Å². The topological polar surface area (TPSA) is 21.8 Å². The van der Waals surface area contributed by atoms with Gasteiger partial charge >= 0.3 is 0 Å². The van der Waals surface area contributed by atoms with Crippen molar-refractivity contribution < 1.29 is 9.47 Å². The van der Waals surface area contributed by atoms with Crippen molar-refractivity contribution in [1.82, 2.24) is 0 Å². The zero-order chi connectivity index (χ0) is 10.1. The molecule has 0 spiro atoms. The van der Waals surface area contributed by atoms with Gasteiger partial charge in [-0.15, -0.1) is 0 Å². The first-order chi connectivity index (χ1) is 7.43. The Balaban J connectivity index is 1.54. The maximum Gasteiger partial charge on any atom is 0.110 e. The standard InChI is InChI=1S/C13H16O2/c1-2-5-10(6-3-1)9-14-11-7-4-8-12-13(11)15-12/h1-3,5-6,11-13H,4,7-9H2/t11-,12-,13-/m1/s1. The number of epoxide rings is 1. The van der Waals surface area contributed by atoms with Gasteiger partial charge in [-0.2, -0.15) is 0 Å². The molecule has 1 aliphatic heterocycles. The van der Waals surface area contributed by atoms with Gasteiger partial charge in [-0.3, -0.25) is 0 Å². The van der Waals surface area contributed by atoms with E-state index in [1.807, 2.05) is 6.07 Å². The van der Waals surface area contributed by atoms with E-state index < -0.39 is 0 Å². The van der Waals surface area contributed by atoms with E-state index in [4.69, 9.17) is 9.47 Å². The predicted octanol–water partition coefficient (Wildman–Crippen LogP) is 2.52. The lowest BCUT2D eigenvalue weighted by Gasteiger charge is -2.18. The molecule has 0 bridgehead atoms. The summed E-state index contributed by atoms with van der Waals surface area (Å²) in [5, 5.41) is 0. The van der Waals surface area contributed by atoms with Crippen molar-refractivity contribution in [2.45, 2.75) is 44.2 Å². The minimum atomic E-state index is 0.337. The Bertz CT molecular complexity index is 323. The summed E-state index contributed by atoms with van der Waals surface area (Å²) >= 11 is 0. The summed E-state index contributed by atoms with van der Waals surface area (Å²) in [7, 11) is 0. The highest BCUT2D eigenvalue weighted by molar-refractivity contribution is 5.13. The number of hydrogen-bond donors (Lipinski definition) is 0. The average molecular weight is 204 g/mol. The Kier molecular flexibility index (Phi) is 2.47. The number of hydrogen-bond acceptors (Lipinski definition) is 2. The van der Waals surface area contributed by atoms with Gasteiger partial charge in [-0.25, -0.2) is 0 Å². The van der Waals surface area contributed by atoms with E-state index in [2.05, 4.69) is 24.3 Å². The maximum absolute atomic E-state index is 5.90. The average Bonchev–Trinajstić information content (AvgIpc) is 3.07. The summed E-state index contributed by atoms with van der Waals surface area (Å²) in [6.45, 7) is 0.720. The lowest BCUT2D eigenvalue weighted by Crippen LogP contribution is -2.25. The fourth-order valence-electron chi connectivity index (χ4n) is 2.36. The molecular weight excluding hydrogens is 188 g/mol. The van der Waals surface area contributed by atoms with Gasteiger partial charge in [-0.05, 0) is 24.8 Å². The van der Waals surface area contributed by atoms with Crippen molar-refractivity contribution in [3.05, 3.63) is 35.9 Å². The van der Waals surface area contributed by atoms with Crippen molar-refractivity contribution in [3.8, 4) is 0 Å².